The molecule has 0 aromatic rings. The van der Waals surface area contributed by atoms with Crippen molar-refractivity contribution < 1.29 is 19.7 Å². The van der Waals surface area contributed by atoms with Gasteiger partial charge in [0.05, 0.1) is 12.2 Å². The van der Waals surface area contributed by atoms with Crippen molar-refractivity contribution in [3.8, 4) is 0 Å². The van der Waals surface area contributed by atoms with Gasteiger partial charge in [-0.2, -0.15) is 0 Å². The Kier molecular flexibility index (Phi) is 3.99. The molecule has 0 aliphatic rings. The molecule has 0 rings (SSSR count). The number of aliphatic hydroxyl groups excluding tert-OH is 1. The first-order valence-electron chi connectivity index (χ1n) is 3.05. The van der Waals surface area contributed by atoms with Gasteiger partial charge in [0.2, 0.25) is 0 Å². The summed E-state index contributed by atoms with van der Waals surface area (Å²) in [6, 6.07) is 0. The first-order valence-corrected chi connectivity index (χ1v) is 3.05. The lowest BCUT2D eigenvalue weighted by Gasteiger charge is -2.13. The van der Waals surface area contributed by atoms with Crippen molar-refractivity contribution in [2.45, 2.75) is 26.1 Å². The van der Waals surface area contributed by atoms with Crippen molar-refractivity contribution in [3.63, 3.8) is 0 Å². The fraction of sp³-hybridized carbons (Fsp3) is 0.833. The number of aliphatic hydroxyl groups is 1. The van der Waals surface area contributed by atoms with Crippen LogP contribution in [0.4, 0.5) is 0 Å². The topological polar surface area (TPSA) is 66.8 Å². The van der Waals surface area contributed by atoms with E-state index in [9.17, 15) is 4.79 Å². The van der Waals surface area contributed by atoms with Crippen LogP contribution >= 0.6 is 0 Å². The zero-order chi connectivity index (χ0) is 8.15. The highest BCUT2D eigenvalue weighted by molar-refractivity contribution is 5.68. The van der Waals surface area contributed by atoms with Crippen LogP contribution in [0, 0.1) is 0 Å². The average molecular weight is 148 g/mol. The minimum Gasteiger partial charge on any atom is -0.480 e. The summed E-state index contributed by atoms with van der Waals surface area (Å²) in [6.07, 6.45) is -1.05. The van der Waals surface area contributed by atoms with E-state index in [4.69, 9.17) is 14.9 Å². The summed E-state index contributed by atoms with van der Waals surface area (Å²) in [5.41, 5.74) is 0. The highest BCUT2D eigenvalue weighted by atomic mass is 16.5. The number of carboxylic acids is 1. The highest BCUT2D eigenvalue weighted by Crippen LogP contribution is 1.96. The van der Waals surface area contributed by atoms with E-state index < -0.39 is 18.2 Å². The molecule has 0 aliphatic heterocycles. The van der Waals surface area contributed by atoms with Gasteiger partial charge in [0.25, 0.3) is 0 Å². The normalized spacial score (nSPS) is 16.3. The Hall–Kier alpha value is -0.610. The molecule has 0 spiro atoms. The van der Waals surface area contributed by atoms with Crippen LogP contribution in [0.25, 0.3) is 0 Å². The molecule has 0 bridgehead atoms. The van der Waals surface area contributed by atoms with Crippen LogP contribution in [-0.4, -0.2) is 35.0 Å². The van der Waals surface area contributed by atoms with E-state index in [0.717, 1.165) is 0 Å². The maximum absolute atomic E-state index is 9.92. The molecule has 0 amide bonds. The Morgan fingerprint density at radius 2 is 2.10 bits per heavy atom. The number of carboxylic acid groups (broad SMARTS) is 1. The molecular weight excluding hydrogens is 136 g/mol. The Labute approximate surface area is 59.4 Å². The molecule has 2 atom stereocenters. The first kappa shape index (κ1) is 9.39. The fourth-order valence-electron chi connectivity index (χ4n) is 0.342. The summed E-state index contributed by atoms with van der Waals surface area (Å²) in [6.45, 7) is 2.81. The second kappa shape index (κ2) is 4.24. The summed E-state index contributed by atoms with van der Waals surface area (Å²) >= 11 is 0. The van der Waals surface area contributed by atoms with Gasteiger partial charge in [-0.3, -0.25) is 0 Å². The Morgan fingerprint density at radius 1 is 1.60 bits per heavy atom. The van der Waals surface area contributed by atoms with Gasteiger partial charge < -0.3 is 14.9 Å². The molecule has 0 aromatic carbocycles. The SMILES string of the molecule is CC(O)C(C)OCC(=O)O. The maximum atomic E-state index is 9.92. The minimum atomic E-state index is -1.02. The maximum Gasteiger partial charge on any atom is 0.329 e. The molecule has 0 fully saturated rings. The van der Waals surface area contributed by atoms with Crippen molar-refractivity contribution in [3.05, 3.63) is 0 Å². The number of carbonyl (C=O) groups is 1. The number of rotatable bonds is 4. The lowest BCUT2D eigenvalue weighted by Crippen LogP contribution is -2.25. The van der Waals surface area contributed by atoms with Crippen LogP contribution in [-0.2, 0) is 9.53 Å². The lowest BCUT2D eigenvalue weighted by molar-refractivity contribution is -0.146. The van der Waals surface area contributed by atoms with E-state index in [1.165, 1.54) is 0 Å². The largest absolute Gasteiger partial charge is 0.480 e. The third-order valence-corrected chi connectivity index (χ3v) is 1.15. The summed E-state index contributed by atoms with van der Waals surface area (Å²) in [5, 5.41) is 17.0. The predicted octanol–water partition coefficient (Wildman–Crippen LogP) is -0.143. The number of hydrogen-bond donors (Lipinski definition) is 2. The van der Waals surface area contributed by atoms with Crippen LogP contribution < -0.4 is 0 Å². The molecule has 0 aliphatic carbocycles. The molecule has 10 heavy (non-hydrogen) atoms. The van der Waals surface area contributed by atoms with E-state index in [-0.39, 0.29) is 6.61 Å². The lowest BCUT2D eigenvalue weighted by atomic mass is 10.3. The smallest absolute Gasteiger partial charge is 0.329 e. The van der Waals surface area contributed by atoms with Gasteiger partial charge in [-0.25, -0.2) is 4.79 Å². The number of aliphatic carboxylic acids is 1. The molecule has 0 saturated heterocycles. The first-order chi connectivity index (χ1) is 4.54. The van der Waals surface area contributed by atoms with Crippen molar-refractivity contribution in [1.29, 1.82) is 0 Å². The molecule has 0 radical (unpaired) electrons. The molecule has 60 valence electrons. The standard InChI is InChI=1S/C6H12O4/c1-4(7)5(2)10-3-6(8)9/h4-5,7H,3H2,1-2H3,(H,8,9). The summed E-state index contributed by atoms with van der Waals surface area (Å²) in [5.74, 6) is -1.02. The van der Waals surface area contributed by atoms with Crippen LogP contribution in [0.2, 0.25) is 0 Å². The molecule has 4 heteroatoms. The Bertz CT molecular complexity index is 110. The molecule has 2 N–H and O–H groups in total. The summed E-state index contributed by atoms with van der Waals surface area (Å²) in [7, 11) is 0. The number of hydrogen-bond acceptors (Lipinski definition) is 3. The zero-order valence-corrected chi connectivity index (χ0v) is 6.07. The van der Waals surface area contributed by atoms with Gasteiger partial charge in [-0.05, 0) is 13.8 Å². The quantitative estimate of drug-likeness (QED) is 0.582. The fourth-order valence-corrected chi connectivity index (χ4v) is 0.342. The van der Waals surface area contributed by atoms with Crippen LogP contribution in [0.5, 0.6) is 0 Å². The van der Waals surface area contributed by atoms with E-state index in [0.29, 0.717) is 0 Å². The van der Waals surface area contributed by atoms with Gasteiger partial charge in [0.15, 0.2) is 0 Å². The average Bonchev–Trinajstić information content (AvgIpc) is 1.82. The van der Waals surface area contributed by atoms with Crippen LogP contribution in [0.1, 0.15) is 13.8 Å². The van der Waals surface area contributed by atoms with Gasteiger partial charge in [-0.1, -0.05) is 0 Å². The molecule has 0 heterocycles. The van der Waals surface area contributed by atoms with Crippen molar-refractivity contribution in [2.75, 3.05) is 6.61 Å². The van der Waals surface area contributed by atoms with Gasteiger partial charge in [0.1, 0.15) is 6.61 Å². The van der Waals surface area contributed by atoms with Crippen LogP contribution in [0.3, 0.4) is 0 Å². The zero-order valence-electron chi connectivity index (χ0n) is 6.07. The number of ether oxygens (including phenoxy) is 1. The molecule has 2 unspecified atom stereocenters. The molecule has 4 nitrogen and oxygen atoms in total. The molecule has 0 saturated carbocycles. The highest BCUT2D eigenvalue weighted by Gasteiger charge is 2.09. The van der Waals surface area contributed by atoms with Gasteiger partial charge in [0, 0.05) is 0 Å². The van der Waals surface area contributed by atoms with Gasteiger partial charge >= 0.3 is 5.97 Å². The van der Waals surface area contributed by atoms with Crippen molar-refractivity contribution in [1.82, 2.24) is 0 Å². The third-order valence-electron chi connectivity index (χ3n) is 1.15. The second-order valence-corrected chi connectivity index (χ2v) is 2.15. The molecule has 0 aromatic heterocycles. The Balaban J connectivity index is 3.39. The predicted molar refractivity (Wildman–Crippen MR) is 34.7 cm³/mol. The third kappa shape index (κ3) is 4.29. The van der Waals surface area contributed by atoms with Gasteiger partial charge in [-0.15, -0.1) is 0 Å². The van der Waals surface area contributed by atoms with E-state index >= 15 is 0 Å². The van der Waals surface area contributed by atoms with E-state index in [1.54, 1.807) is 13.8 Å². The summed E-state index contributed by atoms with van der Waals surface area (Å²) in [4.78, 5) is 9.92. The summed E-state index contributed by atoms with van der Waals surface area (Å²) < 4.78 is 4.72. The van der Waals surface area contributed by atoms with Crippen molar-refractivity contribution in [2.24, 2.45) is 0 Å². The van der Waals surface area contributed by atoms with E-state index in [2.05, 4.69) is 0 Å². The Morgan fingerprint density at radius 3 is 2.40 bits per heavy atom. The minimum absolute atomic E-state index is 0.355. The van der Waals surface area contributed by atoms with Crippen LogP contribution in [0.15, 0.2) is 0 Å². The second-order valence-electron chi connectivity index (χ2n) is 2.15. The molecular formula is C6H12O4. The van der Waals surface area contributed by atoms with Crippen molar-refractivity contribution >= 4 is 5.97 Å². The monoisotopic (exact) mass is 148 g/mol. The van der Waals surface area contributed by atoms with E-state index in [1.807, 2.05) is 0 Å².